The van der Waals surface area contributed by atoms with Crippen molar-refractivity contribution in [1.82, 2.24) is 9.55 Å². The molecule has 0 saturated carbocycles. The summed E-state index contributed by atoms with van der Waals surface area (Å²) in [5.74, 6) is 0.00597. The number of nitrogens with one attached hydrogen (secondary N) is 1. The first-order chi connectivity index (χ1) is 14.8. The highest BCUT2D eigenvalue weighted by molar-refractivity contribution is 5.98. The van der Waals surface area contributed by atoms with Crippen molar-refractivity contribution in [1.29, 1.82) is 0 Å². The molecule has 2 aromatic rings. The Bertz CT molecular complexity index is 1040. The van der Waals surface area contributed by atoms with Crippen molar-refractivity contribution < 1.29 is 4.79 Å². The smallest absolute Gasteiger partial charge is 0.330 e. The van der Waals surface area contributed by atoms with Gasteiger partial charge in [-0.15, -0.1) is 0 Å². The minimum atomic E-state index is -0.619. The van der Waals surface area contributed by atoms with Crippen LogP contribution in [0.3, 0.4) is 0 Å². The Hall–Kier alpha value is -3.03. The van der Waals surface area contributed by atoms with E-state index in [1.807, 2.05) is 39.0 Å². The van der Waals surface area contributed by atoms with Crippen LogP contribution < -0.4 is 26.8 Å². The number of aromatic amines is 1. The van der Waals surface area contributed by atoms with E-state index < -0.39 is 11.2 Å². The summed E-state index contributed by atoms with van der Waals surface area (Å²) in [6.45, 7) is 7.62. The number of nitrogens with zero attached hydrogens (tertiary/aromatic N) is 3. The Morgan fingerprint density at radius 2 is 2.00 bits per heavy atom. The summed E-state index contributed by atoms with van der Waals surface area (Å²) < 4.78 is 1.35. The Morgan fingerprint density at radius 3 is 2.71 bits per heavy atom. The maximum absolute atomic E-state index is 13.4. The van der Waals surface area contributed by atoms with Gasteiger partial charge in [-0.25, -0.2) is 4.79 Å². The summed E-state index contributed by atoms with van der Waals surface area (Å²) in [7, 11) is 0. The monoisotopic (exact) mass is 427 g/mol. The lowest BCUT2D eigenvalue weighted by atomic mass is 10.0. The third-order valence-corrected chi connectivity index (χ3v) is 5.60. The number of hydrogen-bond acceptors (Lipinski definition) is 5. The second-order valence-electron chi connectivity index (χ2n) is 8.55. The molecule has 0 radical (unpaired) electrons. The van der Waals surface area contributed by atoms with Crippen LogP contribution in [0.4, 0.5) is 17.2 Å². The fourth-order valence-electron chi connectivity index (χ4n) is 4.09. The fourth-order valence-corrected chi connectivity index (χ4v) is 4.09. The number of carbonyl (C=O) groups excluding carboxylic acids is 1. The summed E-state index contributed by atoms with van der Waals surface area (Å²) in [5.41, 5.74) is 7.48. The van der Waals surface area contributed by atoms with E-state index in [1.54, 1.807) is 0 Å². The van der Waals surface area contributed by atoms with Crippen molar-refractivity contribution in [2.75, 3.05) is 35.2 Å². The SMILES string of the molecule is CCCCN(C(=O)CN1CCCc2ccccc21)c1c(N)n(CC(C)C)c(=O)[nH]c1=O. The highest BCUT2D eigenvalue weighted by Gasteiger charge is 2.27. The van der Waals surface area contributed by atoms with Crippen LogP contribution in [-0.4, -0.2) is 35.1 Å². The lowest BCUT2D eigenvalue weighted by molar-refractivity contribution is -0.117. The molecule has 8 nitrogen and oxygen atoms in total. The van der Waals surface area contributed by atoms with Crippen LogP contribution in [0, 0.1) is 5.92 Å². The number of aryl methyl sites for hydroxylation is 1. The first-order valence-electron chi connectivity index (χ1n) is 11.1. The summed E-state index contributed by atoms with van der Waals surface area (Å²) in [4.78, 5) is 44.4. The minimum Gasteiger partial charge on any atom is -0.383 e. The average Bonchev–Trinajstić information content (AvgIpc) is 2.73. The highest BCUT2D eigenvalue weighted by atomic mass is 16.2. The Balaban J connectivity index is 1.97. The Kier molecular flexibility index (Phi) is 7.20. The molecule has 168 valence electrons. The van der Waals surface area contributed by atoms with Crippen molar-refractivity contribution >= 4 is 23.1 Å². The molecule has 2 heterocycles. The number of amides is 1. The minimum absolute atomic E-state index is 0.0472. The normalized spacial score (nSPS) is 13.4. The third kappa shape index (κ3) is 5.00. The maximum Gasteiger partial charge on any atom is 0.330 e. The van der Waals surface area contributed by atoms with Gasteiger partial charge in [0.2, 0.25) is 5.91 Å². The number of anilines is 3. The molecular weight excluding hydrogens is 394 g/mol. The van der Waals surface area contributed by atoms with Crippen LogP contribution >= 0.6 is 0 Å². The van der Waals surface area contributed by atoms with Gasteiger partial charge in [-0.1, -0.05) is 45.4 Å². The van der Waals surface area contributed by atoms with Gasteiger partial charge >= 0.3 is 5.69 Å². The maximum atomic E-state index is 13.4. The zero-order valence-corrected chi connectivity index (χ0v) is 18.7. The molecule has 0 bridgehead atoms. The van der Waals surface area contributed by atoms with Gasteiger partial charge in [-0.2, -0.15) is 0 Å². The van der Waals surface area contributed by atoms with Crippen molar-refractivity contribution in [3.8, 4) is 0 Å². The van der Waals surface area contributed by atoms with E-state index in [9.17, 15) is 14.4 Å². The van der Waals surface area contributed by atoms with Gasteiger partial charge in [0.1, 0.15) is 5.82 Å². The van der Waals surface area contributed by atoms with E-state index in [0.29, 0.717) is 13.1 Å². The molecule has 8 heteroatoms. The van der Waals surface area contributed by atoms with Crippen molar-refractivity contribution in [2.24, 2.45) is 5.92 Å². The second-order valence-corrected chi connectivity index (χ2v) is 8.55. The van der Waals surface area contributed by atoms with Crippen LogP contribution in [-0.2, 0) is 17.8 Å². The first kappa shape index (κ1) is 22.7. The van der Waals surface area contributed by atoms with Crippen LogP contribution in [0.15, 0.2) is 33.9 Å². The van der Waals surface area contributed by atoms with Gasteiger partial charge in [0.25, 0.3) is 5.56 Å². The van der Waals surface area contributed by atoms with Gasteiger partial charge < -0.3 is 15.5 Å². The standard InChI is InChI=1S/C23H33N5O3/c1-4-5-13-27(20-21(24)28(14-16(2)3)23(31)25-22(20)30)19(29)15-26-12-8-10-17-9-6-7-11-18(17)26/h6-7,9,11,16H,4-5,8,10,12-15,24H2,1-3H3,(H,25,30,31). The second kappa shape index (κ2) is 9.85. The zero-order chi connectivity index (χ0) is 22.5. The number of para-hydroxylation sites is 1. The molecule has 0 fully saturated rings. The number of rotatable bonds is 8. The number of unbranched alkanes of at least 4 members (excludes halogenated alkanes) is 1. The third-order valence-electron chi connectivity index (χ3n) is 5.60. The number of H-pyrrole nitrogens is 1. The fraction of sp³-hybridized carbons (Fsp3) is 0.522. The predicted octanol–water partition coefficient (Wildman–Crippen LogP) is 2.36. The molecular formula is C23H33N5O3. The summed E-state index contributed by atoms with van der Waals surface area (Å²) >= 11 is 0. The van der Waals surface area contributed by atoms with E-state index in [-0.39, 0.29) is 29.9 Å². The molecule has 0 saturated heterocycles. The van der Waals surface area contributed by atoms with Crippen LogP contribution in [0.1, 0.15) is 45.6 Å². The van der Waals surface area contributed by atoms with Crippen molar-refractivity contribution in [2.45, 2.75) is 53.0 Å². The van der Waals surface area contributed by atoms with Crippen LogP contribution in [0.5, 0.6) is 0 Å². The molecule has 3 rings (SSSR count). The molecule has 1 aliphatic heterocycles. The number of nitrogen functional groups attached to an aromatic ring is 1. The molecule has 1 aliphatic rings. The van der Waals surface area contributed by atoms with Gasteiger partial charge in [-0.3, -0.25) is 19.1 Å². The Labute approximate surface area is 182 Å². The number of hydrogen-bond donors (Lipinski definition) is 2. The molecule has 1 aromatic heterocycles. The molecule has 31 heavy (non-hydrogen) atoms. The summed E-state index contributed by atoms with van der Waals surface area (Å²) in [6.07, 6.45) is 3.55. The molecule has 0 aliphatic carbocycles. The molecule has 1 amide bonds. The number of fused-ring (bicyclic) bond motifs is 1. The van der Waals surface area contributed by atoms with E-state index in [2.05, 4.69) is 16.0 Å². The summed E-state index contributed by atoms with van der Waals surface area (Å²) in [6, 6.07) is 8.10. The van der Waals surface area contributed by atoms with E-state index in [1.165, 1.54) is 15.0 Å². The summed E-state index contributed by atoms with van der Waals surface area (Å²) in [5, 5.41) is 0. The largest absolute Gasteiger partial charge is 0.383 e. The molecule has 0 spiro atoms. The van der Waals surface area contributed by atoms with Gasteiger partial charge in [0.15, 0.2) is 5.69 Å². The zero-order valence-electron chi connectivity index (χ0n) is 18.7. The highest BCUT2D eigenvalue weighted by Crippen LogP contribution is 2.27. The molecule has 1 aromatic carbocycles. The van der Waals surface area contributed by atoms with Crippen LogP contribution in [0.25, 0.3) is 0 Å². The van der Waals surface area contributed by atoms with E-state index in [0.717, 1.165) is 37.9 Å². The Morgan fingerprint density at radius 1 is 1.26 bits per heavy atom. The predicted molar refractivity (Wildman–Crippen MR) is 125 cm³/mol. The van der Waals surface area contributed by atoms with Gasteiger partial charge in [0.05, 0.1) is 6.54 Å². The topological polar surface area (TPSA) is 104 Å². The van der Waals surface area contributed by atoms with Crippen molar-refractivity contribution in [3.05, 3.63) is 50.7 Å². The molecule has 3 N–H and O–H groups in total. The molecule has 0 unspecified atom stereocenters. The van der Waals surface area contributed by atoms with Gasteiger partial charge in [-0.05, 0) is 36.8 Å². The molecule has 0 atom stereocenters. The van der Waals surface area contributed by atoms with Gasteiger partial charge in [0, 0.05) is 25.3 Å². The number of carbonyl (C=O) groups is 1. The van der Waals surface area contributed by atoms with Crippen molar-refractivity contribution in [3.63, 3.8) is 0 Å². The first-order valence-corrected chi connectivity index (χ1v) is 11.1. The average molecular weight is 428 g/mol. The number of benzene rings is 1. The number of aromatic nitrogens is 2. The quantitative estimate of drug-likeness (QED) is 0.673. The van der Waals surface area contributed by atoms with Crippen LogP contribution in [0.2, 0.25) is 0 Å². The van der Waals surface area contributed by atoms with E-state index in [4.69, 9.17) is 5.73 Å². The number of nitrogens with two attached hydrogens (primary N) is 1. The van der Waals surface area contributed by atoms with E-state index >= 15 is 0 Å². The lowest BCUT2D eigenvalue weighted by Crippen LogP contribution is -2.46. The lowest BCUT2D eigenvalue weighted by Gasteiger charge is -2.33.